The van der Waals surface area contributed by atoms with Crippen LogP contribution in [0, 0.1) is 5.82 Å². The molecule has 220 valence electrons. The molecule has 8 nitrogen and oxygen atoms in total. The number of amides is 3. The number of rotatable bonds is 11. The van der Waals surface area contributed by atoms with Gasteiger partial charge in [-0.2, -0.15) is 0 Å². The number of hydrogen-bond donors (Lipinski definition) is 3. The van der Waals surface area contributed by atoms with Gasteiger partial charge in [-0.25, -0.2) is 4.39 Å². The molecule has 0 bridgehead atoms. The standard InChI is InChI=1S/C33H30FN3O5S/c1-21(31(38)36-28-15-8-7-14-27(28)34)43-26-13-9-12-24(19-26)35-33(40)29(37-32(39)22-10-5-4-6-11-22)18-23-16-17-25(41-2)20-30(23)42-3/h4-21H,1-3H3,(H,35,40)(H,36,38)(H,37,39)/b29-18+. The minimum absolute atomic E-state index is 0.0204. The normalized spacial score (nSPS) is 11.7. The van der Waals surface area contributed by atoms with Crippen LogP contribution < -0.4 is 25.4 Å². The van der Waals surface area contributed by atoms with Crippen LogP contribution in [0.25, 0.3) is 6.08 Å². The van der Waals surface area contributed by atoms with Crippen LogP contribution in [-0.2, 0) is 9.59 Å². The van der Waals surface area contributed by atoms with E-state index in [-0.39, 0.29) is 17.3 Å². The van der Waals surface area contributed by atoms with Crippen LogP contribution in [0.4, 0.5) is 15.8 Å². The van der Waals surface area contributed by atoms with Crippen LogP contribution in [0.1, 0.15) is 22.8 Å². The molecular formula is C33H30FN3O5S. The zero-order valence-corrected chi connectivity index (χ0v) is 24.5. The lowest BCUT2D eigenvalue weighted by atomic mass is 10.1. The Morgan fingerprint density at radius 3 is 2.30 bits per heavy atom. The average Bonchev–Trinajstić information content (AvgIpc) is 3.02. The fraction of sp³-hybridized carbons (Fsp3) is 0.121. The van der Waals surface area contributed by atoms with Gasteiger partial charge in [0.05, 0.1) is 25.2 Å². The highest BCUT2D eigenvalue weighted by Gasteiger charge is 2.19. The largest absolute Gasteiger partial charge is 0.497 e. The topological polar surface area (TPSA) is 106 Å². The maximum atomic E-state index is 14.0. The number of methoxy groups -OCH3 is 2. The first-order valence-corrected chi connectivity index (χ1v) is 14.1. The number of nitrogens with one attached hydrogen (secondary N) is 3. The number of ether oxygens (including phenoxy) is 2. The highest BCUT2D eigenvalue weighted by Crippen LogP contribution is 2.29. The zero-order chi connectivity index (χ0) is 30.8. The maximum absolute atomic E-state index is 14.0. The lowest BCUT2D eigenvalue weighted by Gasteiger charge is -2.15. The SMILES string of the molecule is COc1ccc(/C=C(/NC(=O)c2ccccc2)C(=O)Nc2cccc(SC(C)C(=O)Nc3ccccc3F)c2)c(OC)c1. The van der Waals surface area contributed by atoms with E-state index in [4.69, 9.17) is 9.47 Å². The van der Waals surface area contributed by atoms with Crippen molar-refractivity contribution >= 4 is 46.9 Å². The molecule has 0 aliphatic heterocycles. The van der Waals surface area contributed by atoms with E-state index in [0.717, 1.165) is 0 Å². The monoisotopic (exact) mass is 599 g/mol. The molecule has 4 aromatic carbocycles. The number of halogens is 1. The van der Waals surface area contributed by atoms with E-state index in [1.807, 2.05) is 0 Å². The van der Waals surface area contributed by atoms with Gasteiger partial charge < -0.3 is 25.4 Å². The van der Waals surface area contributed by atoms with Crippen LogP contribution in [0.3, 0.4) is 0 Å². The second-order valence-corrected chi connectivity index (χ2v) is 10.6. The molecule has 0 heterocycles. The van der Waals surface area contributed by atoms with Gasteiger partial charge in [-0.3, -0.25) is 14.4 Å². The smallest absolute Gasteiger partial charge is 0.272 e. The van der Waals surface area contributed by atoms with Crippen molar-refractivity contribution in [1.29, 1.82) is 0 Å². The molecule has 1 atom stereocenters. The lowest BCUT2D eigenvalue weighted by molar-refractivity contribution is -0.115. The maximum Gasteiger partial charge on any atom is 0.272 e. The van der Waals surface area contributed by atoms with Crippen molar-refractivity contribution in [2.24, 2.45) is 0 Å². The van der Waals surface area contributed by atoms with E-state index in [1.165, 1.54) is 44.2 Å². The van der Waals surface area contributed by atoms with E-state index in [9.17, 15) is 18.8 Å². The third-order valence-corrected chi connectivity index (χ3v) is 7.27. The number of anilines is 2. The summed E-state index contributed by atoms with van der Waals surface area (Å²) in [7, 11) is 3.03. The first kappa shape index (κ1) is 30.9. The molecule has 4 aromatic rings. The van der Waals surface area contributed by atoms with Gasteiger partial charge >= 0.3 is 0 Å². The molecule has 0 aromatic heterocycles. The van der Waals surface area contributed by atoms with E-state index in [2.05, 4.69) is 16.0 Å². The van der Waals surface area contributed by atoms with Crippen molar-refractivity contribution in [1.82, 2.24) is 5.32 Å². The first-order valence-electron chi connectivity index (χ1n) is 13.2. The first-order chi connectivity index (χ1) is 20.8. The molecule has 10 heteroatoms. The second kappa shape index (κ2) is 14.7. The van der Waals surface area contributed by atoms with Crippen molar-refractivity contribution in [2.45, 2.75) is 17.1 Å². The van der Waals surface area contributed by atoms with E-state index < -0.39 is 22.9 Å². The average molecular weight is 600 g/mol. The Balaban J connectivity index is 1.54. The summed E-state index contributed by atoms with van der Waals surface area (Å²) in [6.07, 6.45) is 1.52. The molecule has 0 aliphatic rings. The quantitative estimate of drug-likeness (QED) is 0.137. The molecule has 0 fully saturated rings. The minimum Gasteiger partial charge on any atom is -0.497 e. The van der Waals surface area contributed by atoms with Gasteiger partial charge in [0.1, 0.15) is 23.0 Å². The van der Waals surface area contributed by atoms with Crippen LogP contribution in [0.15, 0.2) is 108 Å². The number of carbonyl (C=O) groups is 3. The van der Waals surface area contributed by atoms with Gasteiger partial charge in [0.15, 0.2) is 0 Å². The van der Waals surface area contributed by atoms with Crippen molar-refractivity contribution in [3.05, 3.63) is 120 Å². The van der Waals surface area contributed by atoms with E-state index >= 15 is 0 Å². The van der Waals surface area contributed by atoms with Crippen molar-refractivity contribution in [3.63, 3.8) is 0 Å². The number of carbonyl (C=O) groups excluding carboxylic acids is 3. The van der Waals surface area contributed by atoms with Crippen LogP contribution >= 0.6 is 11.8 Å². The summed E-state index contributed by atoms with van der Waals surface area (Å²) < 4.78 is 24.7. The minimum atomic E-state index is -0.574. The van der Waals surface area contributed by atoms with Crippen molar-refractivity contribution in [2.75, 3.05) is 24.9 Å². The fourth-order valence-electron chi connectivity index (χ4n) is 3.94. The third kappa shape index (κ3) is 8.46. The van der Waals surface area contributed by atoms with Gasteiger partial charge in [-0.15, -0.1) is 11.8 Å². The number of thioether (sulfide) groups is 1. The predicted molar refractivity (Wildman–Crippen MR) is 167 cm³/mol. The van der Waals surface area contributed by atoms with E-state index in [1.54, 1.807) is 91.9 Å². The molecule has 3 N–H and O–H groups in total. The predicted octanol–water partition coefficient (Wildman–Crippen LogP) is 6.37. The number of benzene rings is 4. The number of hydrogen-bond acceptors (Lipinski definition) is 6. The summed E-state index contributed by atoms with van der Waals surface area (Å²) in [6.45, 7) is 1.70. The van der Waals surface area contributed by atoms with Crippen LogP contribution in [-0.4, -0.2) is 37.2 Å². The summed E-state index contributed by atoms with van der Waals surface area (Å²) >= 11 is 1.25. The molecule has 0 spiro atoms. The lowest BCUT2D eigenvalue weighted by Crippen LogP contribution is -2.30. The molecule has 1 unspecified atom stereocenters. The Kier molecular flexibility index (Phi) is 10.5. The Hall–Kier alpha value is -5.09. The Labute approximate surface area is 253 Å². The Morgan fingerprint density at radius 1 is 0.837 bits per heavy atom. The summed E-state index contributed by atoms with van der Waals surface area (Å²) in [5.41, 5.74) is 1.45. The molecule has 0 aliphatic carbocycles. The number of para-hydroxylation sites is 1. The highest BCUT2D eigenvalue weighted by molar-refractivity contribution is 8.00. The van der Waals surface area contributed by atoms with Crippen molar-refractivity contribution in [3.8, 4) is 11.5 Å². The molecule has 3 amide bonds. The van der Waals surface area contributed by atoms with E-state index in [0.29, 0.717) is 33.2 Å². The molecular weight excluding hydrogens is 569 g/mol. The zero-order valence-electron chi connectivity index (χ0n) is 23.7. The van der Waals surface area contributed by atoms with Gasteiger partial charge in [0.25, 0.3) is 11.8 Å². The molecule has 4 rings (SSSR count). The van der Waals surface area contributed by atoms with Gasteiger partial charge in [0.2, 0.25) is 5.91 Å². The van der Waals surface area contributed by atoms with Crippen LogP contribution in [0.5, 0.6) is 11.5 Å². The summed E-state index contributed by atoms with van der Waals surface area (Å²) in [5, 5.41) is 7.56. The fourth-order valence-corrected chi connectivity index (χ4v) is 4.86. The summed E-state index contributed by atoms with van der Waals surface area (Å²) in [6, 6.07) is 26.5. The molecule has 0 saturated carbocycles. The Morgan fingerprint density at radius 2 is 1.58 bits per heavy atom. The van der Waals surface area contributed by atoms with Gasteiger partial charge in [-0.1, -0.05) is 36.4 Å². The second-order valence-electron chi connectivity index (χ2n) is 9.20. The van der Waals surface area contributed by atoms with Gasteiger partial charge in [-0.05, 0) is 67.6 Å². The Bertz CT molecular complexity index is 1640. The molecule has 0 saturated heterocycles. The third-order valence-electron chi connectivity index (χ3n) is 6.18. The molecule has 43 heavy (non-hydrogen) atoms. The van der Waals surface area contributed by atoms with Crippen molar-refractivity contribution < 1.29 is 28.2 Å². The van der Waals surface area contributed by atoms with Crippen LogP contribution in [0.2, 0.25) is 0 Å². The molecule has 0 radical (unpaired) electrons. The summed E-state index contributed by atoms with van der Waals surface area (Å²) in [5.74, 6) is -0.915. The van der Waals surface area contributed by atoms with Gasteiger partial charge in [0, 0.05) is 27.8 Å². The summed E-state index contributed by atoms with van der Waals surface area (Å²) in [4.78, 5) is 39.9. The highest BCUT2D eigenvalue weighted by atomic mass is 32.2.